The van der Waals surface area contributed by atoms with Gasteiger partial charge >= 0.3 is 5.97 Å². The van der Waals surface area contributed by atoms with E-state index in [0.717, 1.165) is 28.1 Å². The molecule has 0 spiro atoms. The van der Waals surface area contributed by atoms with Crippen molar-refractivity contribution in [2.24, 2.45) is 5.84 Å². The van der Waals surface area contributed by atoms with Crippen LogP contribution >= 0.6 is 23.2 Å². The lowest BCUT2D eigenvalue weighted by atomic mass is 10.3. The van der Waals surface area contributed by atoms with Gasteiger partial charge in [0.15, 0.2) is 28.9 Å². The molecule has 8 rings (SSSR count). The van der Waals surface area contributed by atoms with Crippen LogP contribution in [0.3, 0.4) is 0 Å². The first-order chi connectivity index (χ1) is 31.3. The van der Waals surface area contributed by atoms with Gasteiger partial charge in [0.25, 0.3) is 0 Å². The maximum absolute atomic E-state index is 10.9. The zero-order chi connectivity index (χ0) is 45.2. The number of carbonyl (C=O) groups is 1. The highest BCUT2D eigenvalue weighted by molar-refractivity contribution is 6.31. The minimum atomic E-state index is -0.337. The van der Waals surface area contributed by atoms with Crippen LogP contribution in [0.4, 0.5) is 28.8 Å². The Hall–Kier alpha value is -7.19. The van der Waals surface area contributed by atoms with Crippen LogP contribution in [0.15, 0.2) is 146 Å². The van der Waals surface area contributed by atoms with Crippen molar-refractivity contribution < 1.29 is 24.1 Å². The Kier molecular flexibility index (Phi) is 22.1. The maximum atomic E-state index is 10.9. The number of nitrogens with two attached hydrogens (primary N) is 1. The zero-order valence-corrected chi connectivity index (χ0v) is 36.0. The molecule has 6 aromatic heterocycles. The molecular weight excluding hydrogens is 873 g/mol. The molecule has 0 aliphatic heterocycles. The second-order valence-corrected chi connectivity index (χ2v) is 13.7. The number of aromatic nitrogens is 9. The summed E-state index contributed by atoms with van der Waals surface area (Å²) in [7, 11) is 0. The number of fused-ring (bicyclic) bond motifs is 1. The summed E-state index contributed by atoms with van der Waals surface area (Å²) in [5.41, 5.74) is 7.56. The Bertz CT molecular complexity index is 2570. The molecule has 338 valence electrons. The topological polar surface area (TPSA) is 235 Å². The minimum Gasteiger partial charge on any atom is -0.464 e. The molecule has 0 unspecified atom stereocenters. The van der Waals surface area contributed by atoms with Gasteiger partial charge in [0, 0.05) is 58.6 Å². The maximum Gasteiger partial charge on any atom is 0.332 e. The second kappa shape index (κ2) is 28.5. The number of hydrogen-bond acceptors (Lipinski definition) is 17. The van der Waals surface area contributed by atoms with Gasteiger partial charge in [-0.1, -0.05) is 61.0 Å². The van der Waals surface area contributed by atoms with Crippen LogP contribution in [0.1, 0.15) is 36.9 Å². The number of nitrogens with one attached hydrogen (secondary N) is 3. The van der Waals surface area contributed by atoms with E-state index in [-0.39, 0.29) is 26.6 Å². The van der Waals surface area contributed by atoms with Gasteiger partial charge in [-0.25, -0.2) is 10.6 Å². The molecule has 0 bridgehead atoms. The number of carbonyl (C=O) groups excluding carboxylic acids is 1. The van der Waals surface area contributed by atoms with Crippen molar-refractivity contribution >= 4 is 63.6 Å². The molecule has 20 heteroatoms. The highest BCUT2D eigenvalue weighted by atomic mass is 35.5. The Morgan fingerprint density at radius 1 is 0.662 bits per heavy atom. The zero-order valence-electron chi connectivity index (χ0n) is 34.5. The predicted octanol–water partition coefficient (Wildman–Crippen LogP) is 8.16. The van der Waals surface area contributed by atoms with Crippen LogP contribution < -0.4 is 21.9 Å². The van der Waals surface area contributed by atoms with Gasteiger partial charge in [-0.3, -0.25) is 15.0 Å². The van der Waals surface area contributed by atoms with Crippen LogP contribution in [-0.4, -0.2) is 69.3 Å². The number of ether oxygens (including phenoxy) is 3. The third-order valence-corrected chi connectivity index (χ3v) is 8.45. The van der Waals surface area contributed by atoms with E-state index in [1.807, 2.05) is 78.9 Å². The van der Waals surface area contributed by atoms with E-state index < -0.39 is 0 Å². The number of benzene rings is 2. The number of pyridine rings is 3. The summed E-state index contributed by atoms with van der Waals surface area (Å²) in [5, 5.41) is 36.7. The highest BCUT2D eigenvalue weighted by Gasteiger charge is 2.09. The van der Waals surface area contributed by atoms with Crippen molar-refractivity contribution in [1.82, 2.24) is 45.0 Å². The number of halogens is 2. The first-order valence-electron chi connectivity index (χ1n) is 19.5. The van der Waals surface area contributed by atoms with E-state index in [2.05, 4.69) is 56.5 Å². The van der Waals surface area contributed by atoms with Gasteiger partial charge in [0.2, 0.25) is 0 Å². The van der Waals surface area contributed by atoms with Crippen LogP contribution in [0.2, 0.25) is 10.0 Å². The van der Waals surface area contributed by atoms with E-state index in [0.29, 0.717) is 65.4 Å². The molecule has 6 heterocycles. The van der Waals surface area contributed by atoms with E-state index in [4.69, 9.17) is 48.4 Å². The van der Waals surface area contributed by atoms with E-state index in [9.17, 15) is 4.79 Å². The van der Waals surface area contributed by atoms with Crippen LogP contribution in [0, 0.1) is 0 Å². The molecule has 0 aliphatic rings. The van der Waals surface area contributed by atoms with Gasteiger partial charge in [-0.15, -0.1) is 25.5 Å². The summed E-state index contributed by atoms with van der Waals surface area (Å²) in [4.78, 5) is 22.7. The molecule has 0 saturated heterocycles. The average Bonchev–Trinajstić information content (AvgIpc) is 3.73. The third kappa shape index (κ3) is 18.6. The molecule has 6 N–H and O–H groups in total. The number of hydrogen-bond donors (Lipinski definition) is 5. The van der Waals surface area contributed by atoms with E-state index in [1.54, 1.807) is 79.0 Å². The van der Waals surface area contributed by atoms with Crippen LogP contribution in [0.25, 0.3) is 5.65 Å². The van der Waals surface area contributed by atoms with Gasteiger partial charge < -0.3 is 35.4 Å². The summed E-state index contributed by atoms with van der Waals surface area (Å²) in [6.45, 7) is 3.34. The van der Waals surface area contributed by atoms with Gasteiger partial charge in [0.05, 0.1) is 26.4 Å². The molecule has 0 amide bonds. The Morgan fingerprint density at radius 3 is 1.72 bits per heavy atom. The Labute approximate surface area is 386 Å². The molecule has 65 heavy (non-hydrogen) atoms. The van der Waals surface area contributed by atoms with Crippen molar-refractivity contribution in [2.45, 2.75) is 40.8 Å². The number of hydrazine groups is 1. The molecular formula is C45H49Cl2N13O5. The Balaban J connectivity index is 0.000000205. The number of aliphatic hydroxyl groups excluding tert-OH is 1. The van der Waals surface area contributed by atoms with Crippen LogP contribution in [-0.2, 0) is 45.4 Å². The average molecular weight is 923 g/mol. The molecule has 0 aliphatic carbocycles. The molecule has 0 atom stereocenters. The van der Waals surface area contributed by atoms with Gasteiger partial charge in [-0.2, -0.15) is 4.52 Å². The smallest absolute Gasteiger partial charge is 0.332 e. The van der Waals surface area contributed by atoms with Crippen LogP contribution in [0.5, 0.6) is 0 Å². The lowest BCUT2D eigenvalue weighted by Gasteiger charge is -2.07. The number of nitrogen functional groups attached to an aromatic ring is 1. The lowest BCUT2D eigenvalue weighted by molar-refractivity contribution is -0.148. The highest BCUT2D eigenvalue weighted by Crippen LogP contribution is 2.20. The molecule has 18 nitrogen and oxygen atoms in total. The second-order valence-electron chi connectivity index (χ2n) is 12.9. The van der Waals surface area contributed by atoms with Crippen molar-refractivity contribution in [1.29, 1.82) is 0 Å². The van der Waals surface area contributed by atoms with Gasteiger partial charge in [-0.05, 0) is 102 Å². The standard InChI is InChI=1S/C18H15ClN6O.C10H10ClN5.C10H13NO3.C6H7NO.CH4/c19-14-4-1-5-15(9-14)21-16-6-7-17-22-23-18(25(17)24-16)12-26-11-13-3-2-8-20-10-13;11-7-2-1-3-8(6-7)13-9-4-5-10(14-12)16-15-9;1-2-14-10(12)8-13-7-9-4-3-5-11-6-9;8-5-6-2-1-3-7-4-6;/h1-10H,11-12H2,(H,21,24);1-6H,12H2,(H,13,15)(H,14,16);3-6H,2,7-8H2,1H3;1-4,8H,5H2;1H4. The summed E-state index contributed by atoms with van der Waals surface area (Å²) >= 11 is 11.9. The number of aliphatic hydroxyl groups is 1. The number of esters is 1. The summed E-state index contributed by atoms with van der Waals surface area (Å²) in [5.74, 6) is 7.27. The van der Waals surface area contributed by atoms with E-state index in [1.165, 1.54) is 0 Å². The number of nitrogens with zero attached hydrogens (tertiary/aromatic N) is 9. The number of rotatable bonds is 15. The monoisotopic (exact) mass is 921 g/mol. The molecule has 2 aromatic carbocycles. The molecule has 0 fully saturated rings. The third-order valence-electron chi connectivity index (χ3n) is 7.98. The minimum absolute atomic E-state index is 0. The largest absolute Gasteiger partial charge is 0.464 e. The quantitative estimate of drug-likeness (QED) is 0.0370. The Morgan fingerprint density at radius 2 is 1.22 bits per heavy atom. The number of anilines is 5. The first-order valence-corrected chi connectivity index (χ1v) is 20.2. The van der Waals surface area contributed by atoms with Crippen molar-refractivity contribution in [3.05, 3.63) is 179 Å². The fourth-order valence-corrected chi connectivity index (χ4v) is 5.45. The fourth-order valence-electron chi connectivity index (χ4n) is 5.07. The molecule has 0 saturated carbocycles. The van der Waals surface area contributed by atoms with Crippen molar-refractivity contribution in [3.8, 4) is 0 Å². The summed E-state index contributed by atoms with van der Waals surface area (Å²) in [6.07, 6.45) is 10.2. The summed E-state index contributed by atoms with van der Waals surface area (Å²) in [6, 6.07) is 33.1. The normalized spacial score (nSPS) is 10.0. The molecule has 0 radical (unpaired) electrons. The summed E-state index contributed by atoms with van der Waals surface area (Å²) < 4.78 is 17.2. The lowest BCUT2D eigenvalue weighted by Crippen LogP contribution is -2.12. The van der Waals surface area contributed by atoms with E-state index >= 15 is 0 Å². The SMILES string of the molecule is C.CCOC(=O)COCc1cccnc1.Clc1cccc(Nc2ccc3nnc(COCc4cccnc4)n3n2)c1.NNc1ccc(Nc2cccc(Cl)c2)nn1.OCc1cccnc1. The van der Waals surface area contributed by atoms with Gasteiger partial charge in [0.1, 0.15) is 13.2 Å². The molecule has 8 aromatic rings. The van der Waals surface area contributed by atoms with Crippen molar-refractivity contribution in [3.63, 3.8) is 0 Å². The fraction of sp³-hybridized carbons (Fsp3) is 0.178. The van der Waals surface area contributed by atoms with Crippen molar-refractivity contribution in [2.75, 3.05) is 29.3 Å². The predicted molar refractivity (Wildman–Crippen MR) is 250 cm³/mol. The first kappa shape index (κ1) is 50.5.